The Labute approximate surface area is 185 Å². The molecule has 160 valence electrons. The molecule has 0 spiro atoms. The van der Waals surface area contributed by atoms with Crippen LogP contribution in [0, 0.1) is 5.82 Å². The predicted molar refractivity (Wildman–Crippen MR) is 122 cm³/mol. The molecule has 2 rings (SSSR count). The number of nitrogens with zero attached hydrogens (tertiary/aromatic N) is 2. The number of halogens is 2. The van der Waals surface area contributed by atoms with E-state index in [0.29, 0.717) is 18.3 Å². The molecule has 0 aliphatic carbocycles. The molecule has 0 aromatic heterocycles. The van der Waals surface area contributed by atoms with Crippen molar-refractivity contribution < 1.29 is 13.9 Å². The summed E-state index contributed by atoms with van der Waals surface area (Å²) in [5, 5.41) is 6.62. The lowest BCUT2D eigenvalue weighted by atomic mass is 10.2. The number of hydrogen-bond donors (Lipinski definition) is 2. The normalized spacial score (nSPS) is 17.4. The van der Waals surface area contributed by atoms with Crippen molar-refractivity contribution >= 4 is 29.9 Å². The Hall–Kier alpha value is -1.13. The maximum atomic E-state index is 13.3. The van der Waals surface area contributed by atoms with Gasteiger partial charge in [0.1, 0.15) is 17.7 Å². The maximum absolute atomic E-state index is 13.3. The number of benzene rings is 1. The smallest absolute Gasteiger partial charge is 0.191 e. The maximum Gasteiger partial charge on any atom is 0.191 e. The van der Waals surface area contributed by atoms with Crippen LogP contribution >= 0.6 is 24.0 Å². The summed E-state index contributed by atoms with van der Waals surface area (Å²) < 4.78 is 24.6. The monoisotopic (exact) mass is 508 g/mol. The summed E-state index contributed by atoms with van der Waals surface area (Å²) in [5.74, 6) is 1.03. The van der Waals surface area contributed by atoms with E-state index in [0.717, 1.165) is 51.8 Å². The Morgan fingerprint density at radius 1 is 1.29 bits per heavy atom. The van der Waals surface area contributed by atoms with E-state index < -0.39 is 0 Å². The van der Waals surface area contributed by atoms with Gasteiger partial charge in [-0.05, 0) is 32.4 Å². The number of rotatable bonds is 9. The second kappa shape index (κ2) is 13.9. The third kappa shape index (κ3) is 8.91. The third-order valence-electron chi connectivity index (χ3n) is 4.58. The Morgan fingerprint density at radius 3 is 2.68 bits per heavy atom. The summed E-state index contributed by atoms with van der Waals surface area (Å²) in [5.41, 5.74) is 0. The van der Waals surface area contributed by atoms with Crippen molar-refractivity contribution in [3.63, 3.8) is 0 Å². The van der Waals surface area contributed by atoms with Crippen LogP contribution in [-0.2, 0) is 4.74 Å². The molecule has 6 nitrogen and oxygen atoms in total. The van der Waals surface area contributed by atoms with Crippen molar-refractivity contribution in [2.75, 3.05) is 45.9 Å². The minimum absolute atomic E-state index is 0. The average molecular weight is 508 g/mol. The van der Waals surface area contributed by atoms with Crippen LogP contribution in [0.15, 0.2) is 29.3 Å². The summed E-state index contributed by atoms with van der Waals surface area (Å²) in [6.07, 6.45) is 0.750. The molecule has 0 saturated carbocycles. The highest BCUT2D eigenvalue weighted by atomic mass is 127. The first-order valence-corrected chi connectivity index (χ1v) is 9.88. The number of guanidine groups is 1. The minimum Gasteiger partial charge on any atom is -0.489 e. The first kappa shape index (κ1) is 24.9. The van der Waals surface area contributed by atoms with Crippen molar-refractivity contribution in [2.45, 2.75) is 39.3 Å². The largest absolute Gasteiger partial charge is 0.489 e. The lowest BCUT2D eigenvalue weighted by Crippen LogP contribution is -2.45. The third-order valence-corrected chi connectivity index (χ3v) is 4.58. The summed E-state index contributed by atoms with van der Waals surface area (Å²) >= 11 is 0. The van der Waals surface area contributed by atoms with Gasteiger partial charge in [-0.25, -0.2) is 4.39 Å². The van der Waals surface area contributed by atoms with Gasteiger partial charge in [-0.15, -0.1) is 24.0 Å². The summed E-state index contributed by atoms with van der Waals surface area (Å²) in [6, 6.07) is 6.62. The van der Waals surface area contributed by atoms with Crippen molar-refractivity contribution in [3.8, 4) is 5.75 Å². The van der Waals surface area contributed by atoms with Crippen molar-refractivity contribution in [1.29, 1.82) is 0 Å². The number of morpholine rings is 1. The second-order valence-electron chi connectivity index (χ2n) is 6.70. The molecule has 1 aromatic rings. The van der Waals surface area contributed by atoms with E-state index in [-0.39, 0.29) is 35.9 Å². The zero-order chi connectivity index (χ0) is 19.5. The Morgan fingerprint density at radius 2 is 2.04 bits per heavy atom. The van der Waals surface area contributed by atoms with Gasteiger partial charge < -0.3 is 20.1 Å². The molecule has 0 amide bonds. The molecule has 1 aliphatic rings. The van der Waals surface area contributed by atoms with E-state index in [1.807, 2.05) is 6.92 Å². The van der Waals surface area contributed by atoms with Crippen LogP contribution in [-0.4, -0.2) is 68.9 Å². The van der Waals surface area contributed by atoms with Crippen molar-refractivity contribution in [3.05, 3.63) is 30.1 Å². The zero-order valence-electron chi connectivity index (χ0n) is 17.1. The zero-order valence-corrected chi connectivity index (χ0v) is 19.4. The molecular weight excluding hydrogens is 474 g/mol. The number of hydrogen-bond acceptors (Lipinski definition) is 4. The fraction of sp³-hybridized carbons (Fsp3) is 0.650. The Kier molecular flexibility index (Phi) is 12.4. The van der Waals surface area contributed by atoms with E-state index in [4.69, 9.17) is 14.5 Å². The lowest BCUT2D eigenvalue weighted by Gasteiger charge is -2.31. The molecule has 1 saturated heterocycles. The summed E-state index contributed by atoms with van der Waals surface area (Å²) in [4.78, 5) is 7.11. The molecule has 2 unspecified atom stereocenters. The van der Waals surface area contributed by atoms with Gasteiger partial charge in [0.05, 0.1) is 26.3 Å². The summed E-state index contributed by atoms with van der Waals surface area (Å²) in [6.45, 7) is 11.9. The molecule has 8 heteroatoms. The molecular formula is C20H34FIN4O2. The molecule has 1 aromatic carbocycles. The molecule has 0 bridgehead atoms. The van der Waals surface area contributed by atoms with Crippen LogP contribution in [0.25, 0.3) is 0 Å². The van der Waals surface area contributed by atoms with E-state index >= 15 is 0 Å². The first-order chi connectivity index (χ1) is 13.1. The van der Waals surface area contributed by atoms with Crippen molar-refractivity contribution in [2.24, 2.45) is 4.99 Å². The Bertz CT molecular complexity index is 585. The standard InChI is InChI=1S/C20H33FN4O2.HI/c1-4-18(27-19-8-6-7-17(21)13-19)15-24-20(22-5-2)23-14-16(3)25-9-11-26-12-10-25;/h6-8,13,16,18H,4-5,9-12,14-15H2,1-3H3,(H2,22,23,24);1H. The number of aliphatic imine (C=N–C) groups is 1. The highest BCUT2D eigenvalue weighted by Crippen LogP contribution is 2.14. The molecule has 1 aliphatic heterocycles. The van der Waals surface area contributed by atoms with Gasteiger partial charge in [0.2, 0.25) is 0 Å². The van der Waals surface area contributed by atoms with Gasteiger partial charge in [0.15, 0.2) is 5.96 Å². The summed E-state index contributed by atoms with van der Waals surface area (Å²) in [7, 11) is 0. The van der Waals surface area contributed by atoms with Crippen LogP contribution in [0.4, 0.5) is 4.39 Å². The fourth-order valence-electron chi connectivity index (χ4n) is 2.91. The van der Waals surface area contributed by atoms with E-state index in [2.05, 4.69) is 29.4 Å². The minimum atomic E-state index is -0.290. The second-order valence-corrected chi connectivity index (χ2v) is 6.70. The van der Waals surface area contributed by atoms with Crippen LogP contribution in [0.2, 0.25) is 0 Å². The van der Waals surface area contributed by atoms with Gasteiger partial charge in [-0.2, -0.15) is 0 Å². The van der Waals surface area contributed by atoms with Gasteiger partial charge >= 0.3 is 0 Å². The van der Waals surface area contributed by atoms with E-state index in [1.54, 1.807) is 12.1 Å². The molecule has 1 heterocycles. The lowest BCUT2D eigenvalue weighted by molar-refractivity contribution is 0.0220. The van der Waals surface area contributed by atoms with E-state index in [1.165, 1.54) is 12.1 Å². The topological polar surface area (TPSA) is 58.1 Å². The molecule has 28 heavy (non-hydrogen) atoms. The molecule has 0 radical (unpaired) electrons. The number of ether oxygens (including phenoxy) is 2. The molecule has 1 fully saturated rings. The highest BCUT2D eigenvalue weighted by molar-refractivity contribution is 14.0. The highest BCUT2D eigenvalue weighted by Gasteiger charge is 2.17. The predicted octanol–water partition coefficient (Wildman–Crippen LogP) is 2.88. The SMILES string of the molecule is CCNC(=NCC(C)N1CCOCC1)NCC(CC)Oc1cccc(F)c1.I. The number of nitrogens with one attached hydrogen (secondary N) is 2. The van der Waals surface area contributed by atoms with Crippen LogP contribution in [0.5, 0.6) is 5.75 Å². The van der Waals surface area contributed by atoms with E-state index in [9.17, 15) is 4.39 Å². The fourth-order valence-corrected chi connectivity index (χ4v) is 2.91. The van der Waals surface area contributed by atoms with Crippen LogP contribution in [0.1, 0.15) is 27.2 Å². The van der Waals surface area contributed by atoms with Gasteiger partial charge in [0.25, 0.3) is 0 Å². The quantitative estimate of drug-likeness (QED) is 0.305. The first-order valence-electron chi connectivity index (χ1n) is 9.88. The van der Waals surface area contributed by atoms with Crippen LogP contribution < -0.4 is 15.4 Å². The van der Waals surface area contributed by atoms with Gasteiger partial charge in [-0.1, -0.05) is 13.0 Å². The molecule has 2 N–H and O–H groups in total. The average Bonchev–Trinajstić information content (AvgIpc) is 2.69. The molecule has 2 atom stereocenters. The van der Waals surface area contributed by atoms with Gasteiger partial charge in [-0.3, -0.25) is 9.89 Å². The van der Waals surface area contributed by atoms with Crippen LogP contribution in [0.3, 0.4) is 0 Å². The Balaban J connectivity index is 0.00000392. The van der Waals surface area contributed by atoms with Crippen molar-refractivity contribution in [1.82, 2.24) is 15.5 Å². The van der Waals surface area contributed by atoms with Gasteiger partial charge in [0, 0.05) is 31.7 Å².